The molecule has 8 heteroatoms. The van der Waals surface area contributed by atoms with Crippen LogP contribution in [-0.2, 0) is 6.18 Å². The van der Waals surface area contributed by atoms with E-state index in [1.54, 1.807) is 0 Å². The van der Waals surface area contributed by atoms with Crippen LogP contribution in [-0.4, -0.2) is 17.6 Å². The van der Waals surface area contributed by atoms with E-state index in [2.05, 4.69) is 26.4 Å². The third-order valence-corrected chi connectivity index (χ3v) is 3.29. The van der Waals surface area contributed by atoms with Gasteiger partial charge in [0.15, 0.2) is 0 Å². The first-order valence-electron chi connectivity index (χ1n) is 5.91. The van der Waals surface area contributed by atoms with Gasteiger partial charge in [0.25, 0.3) is 0 Å². The van der Waals surface area contributed by atoms with Crippen molar-refractivity contribution in [3.63, 3.8) is 0 Å². The number of benzene rings is 1. The second-order valence-electron chi connectivity index (χ2n) is 4.17. The fourth-order valence-corrected chi connectivity index (χ4v) is 1.93. The number of nitrogens with one attached hydrogen (secondary N) is 1. The number of unbranched alkanes of at least 4 members (excludes halogenated alkanes) is 1. The molecule has 4 N–H and O–H groups in total. The molecule has 0 aromatic heterocycles. The van der Waals surface area contributed by atoms with Gasteiger partial charge in [-0.15, -0.1) is 0 Å². The van der Waals surface area contributed by atoms with Crippen molar-refractivity contribution in [1.82, 2.24) is 0 Å². The number of hydrogen-bond donors (Lipinski definition) is 3. The van der Waals surface area contributed by atoms with E-state index in [9.17, 15) is 13.2 Å². The zero-order chi connectivity index (χ0) is 15.2. The smallest absolute Gasteiger partial charge is 0.409 e. The molecule has 0 fully saturated rings. The van der Waals surface area contributed by atoms with E-state index < -0.39 is 11.7 Å². The maximum Gasteiger partial charge on any atom is 0.416 e. The minimum absolute atomic E-state index is 0.144. The Balaban J connectivity index is 2.51. The Bertz CT molecular complexity index is 478. The predicted octanol–water partition coefficient (Wildman–Crippen LogP) is 3.80. The van der Waals surface area contributed by atoms with Gasteiger partial charge in [0, 0.05) is 23.1 Å². The van der Waals surface area contributed by atoms with Gasteiger partial charge in [-0.2, -0.15) is 13.2 Å². The lowest BCUT2D eigenvalue weighted by Gasteiger charge is -2.12. The van der Waals surface area contributed by atoms with E-state index in [1.165, 1.54) is 6.07 Å². The SMILES string of the molecule is N/C(CCCCNc1cc(C(F)(F)F)ccc1Br)=N/O. The van der Waals surface area contributed by atoms with Crippen molar-refractivity contribution >= 4 is 27.5 Å². The van der Waals surface area contributed by atoms with Gasteiger partial charge in [-0.3, -0.25) is 0 Å². The summed E-state index contributed by atoms with van der Waals surface area (Å²) in [6.45, 7) is 0.499. The number of rotatable bonds is 6. The zero-order valence-corrected chi connectivity index (χ0v) is 12.1. The van der Waals surface area contributed by atoms with Crippen molar-refractivity contribution in [2.75, 3.05) is 11.9 Å². The fourth-order valence-electron chi connectivity index (χ4n) is 1.54. The minimum Gasteiger partial charge on any atom is -0.409 e. The quantitative estimate of drug-likeness (QED) is 0.239. The highest BCUT2D eigenvalue weighted by Crippen LogP contribution is 2.33. The largest absolute Gasteiger partial charge is 0.416 e. The van der Waals surface area contributed by atoms with Crippen LogP contribution in [0.5, 0.6) is 0 Å². The summed E-state index contributed by atoms with van der Waals surface area (Å²) in [5, 5.41) is 14.1. The predicted molar refractivity (Wildman–Crippen MR) is 74.9 cm³/mol. The Morgan fingerprint density at radius 2 is 2.05 bits per heavy atom. The van der Waals surface area contributed by atoms with Crippen molar-refractivity contribution in [3.05, 3.63) is 28.2 Å². The average Bonchev–Trinajstić information content (AvgIpc) is 2.38. The number of halogens is 4. The highest BCUT2D eigenvalue weighted by molar-refractivity contribution is 9.10. The van der Waals surface area contributed by atoms with Gasteiger partial charge in [0.05, 0.1) is 5.56 Å². The Morgan fingerprint density at radius 3 is 2.65 bits per heavy atom. The van der Waals surface area contributed by atoms with E-state index in [1.807, 2.05) is 0 Å². The van der Waals surface area contributed by atoms with Crippen molar-refractivity contribution < 1.29 is 18.4 Å². The monoisotopic (exact) mass is 353 g/mol. The molecule has 0 aliphatic rings. The van der Waals surface area contributed by atoms with Crippen LogP contribution in [0.1, 0.15) is 24.8 Å². The van der Waals surface area contributed by atoms with Gasteiger partial charge in [-0.05, 0) is 47.0 Å². The van der Waals surface area contributed by atoms with Gasteiger partial charge in [-0.1, -0.05) is 5.16 Å². The molecule has 1 aromatic carbocycles. The molecule has 1 rings (SSSR count). The Kier molecular flexibility index (Phi) is 6.12. The first-order valence-corrected chi connectivity index (χ1v) is 6.71. The summed E-state index contributed by atoms with van der Waals surface area (Å²) < 4.78 is 38.3. The lowest BCUT2D eigenvalue weighted by atomic mass is 10.2. The molecular formula is C12H15BrF3N3O. The van der Waals surface area contributed by atoms with E-state index in [4.69, 9.17) is 10.9 Å². The third-order valence-electron chi connectivity index (χ3n) is 2.60. The van der Waals surface area contributed by atoms with Crippen LogP contribution in [0.2, 0.25) is 0 Å². The maximum atomic E-state index is 12.6. The molecule has 4 nitrogen and oxygen atoms in total. The third kappa shape index (κ3) is 5.28. The Morgan fingerprint density at radius 1 is 1.35 bits per heavy atom. The number of amidine groups is 1. The standard InChI is InChI=1S/C12H15BrF3N3O/c13-9-5-4-8(12(14,15)16)7-10(9)18-6-2-1-3-11(17)19-20/h4-5,7,18,20H,1-3,6H2,(H2,17,19). The van der Waals surface area contributed by atoms with Gasteiger partial charge >= 0.3 is 6.18 Å². The van der Waals surface area contributed by atoms with Gasteiger partial charge < -0.3 is 16.3 Å². The summed E-state index contributed by atoms with van der Waals surface area (Å²) in [7, 11) is 0. The number of oxime groups is 1. The van der Waals surface area contributed by atoms with Crippen LogP contribution < -0.4 is 11.1 Å². The molecule has 0 radical (unpaired) electrons. The molecular weight excluding hydrogens is 339 g/mol. The highest BCUT2D eigenvalue weighted by atomic mass is 79.9. The van der Waals surface area contributed by atoms with E-state index in [0.29, 0.717) is 36.0 Å². The first-order chi connectivity index (χ1) is 9.34. The summed E-state index contributed by atoms with van der Waals surface area (Å²) in [6.07, 6.45) is -2.54. The van der Waals surface area contributed by atoms with Gasteiger partial charge in [0.2, 0.25) is 0 Å². The molecule has 0 bridgehead atoms. The van der Waals surface area contributed by atoms with E-state index in [0.717, 1.165) is 12.1 Å². The second kappa shape index (κ2) is 7.37. The molecule has 0 heterocycles. The van der Waals surface area contributed by atoms with Gasteiger partial charge in [-0.25, -0.2) is 0 Å². The second-order valence-corrected chi connectivity index (χ2v) is 5.02. The summed E-state index contributed by atoms with van der Waals surface area (Å²) in [5.41, 5.74) is 5.00. The minimum atomic E-state index is -4.36. The molecule has 0 spiro atoms. The van der Waals surface area contributed by atoms with Crippen molar-refractivity contribution in [3.8, 4) is 0 Å². The normalized spacial score (nSPS) is 12.5. The van der Waals surface area contributed by atoms with Crippen LogP contribution in [0.4, 0.5) is 18.9 Å². The lowest BCUT2D eigenvalue weighted by molar-refractivity contribution is -0.137. The summed E-state index contributed by atoms with van der Waals surface area (Å²) >= 11 is 3.20. The topological polar surface area (TPSA) is 70.6 Å². The summed E-state index contributed by atoms with van der Waals surface area (Å²) in [4.78, 5) is 0. The number of hydrogen-bond acceptors (Lipinski definition) is 3. The Labute approximate surface area is 123 Å². The molecule has 0 saturated carbocycles. The summed E-state index contributed by atoms with van der Waals surface area (Å²) in [6, 6.07) is 3.45. The molecule has 1 aromatic rings. The van der Waals surface area contributed by atoms with Gasteiger partial charge in [0.1, 0.15) is 5.84 Å². The average molecular weight is 354 g/mol. The van der Waals surface area contributed by atoms with Crippen LogP contribution in [0.15, 0.2) is 27.8 Å². The zero-order valence-electron chi connectivity index (χ0n) is 10.5. The lowest BCUT2D eigenvalue weighted by Crippen LogP contribution is -2.12. The molecule has 0 aliphatic carbocycles. The van der Waals surface area contributed by atoms with Crippen LogP contribution >= 0.6 is 15.9 Å². The molecule has 0 atom stereocenters. The van der Waals surface area contributed by atoms with Crippen LogP contribution in [0, 0.1) is 0 Å². The maximum absolute atomic E-state index is 12.6. The van der Waals surface area contributed by atoms with Crippen molar-refractivity contribution in [1.29, 1.82) is 0 Å². The van der Waals surface area contributed by atoms with Crippen LogP contribution in [0.3, 0.4) is 0 Å². The van der Waals surface area contributed by atoms with Crippen molar-refractivity contribution in [2.45, 2.75) is 25.4 Å². The number of nitrogens with two attached hydrogens (primary N) is 1. The number of nitrogens with zero attached hydrogens (tertiary/aromatic N) is 1. The Hall–Kier alpha value is -1.44. The van der Waals surface area contributed by atoms with E-state index >= 15 is 0 Å². The van der Waals surface area contributed by atoms with Crippen LogP contribution in [0.25, 0.3) is 0 Å². The molecule has 0 amide bonds. The molecule has 20 heavy (non-hydrogen) atoms. The molecule has 0 aliphatic heterocycles. The number of anilines is 1. The number of alkyl halides is 3. The fraction of sp³-hybridized carbons (Fsp3) is 0.417. The molecule has 0 unspecified atom stereocenters. The summed E-state index contributed by atoms with van der Waals surface area (Å²) in [5.74, 6) is 0.144. The van der Waals surface area contributed by atoms with Crippen molar-refractivity contribution in [2.24, 2.45) is 10.9 Å². The molecule has 0 saturated heterocycles. The highest BCUT2D eigenvalue weighted by Gasteiger charge is 2.30. The van der Waals surface area contributed by atoms with E-state index in [-0.39, 0.29) is 5.84 Å². The first kappa shape index (κ1) is 16.6. The molecule has 112 valence electrons.